The van der Waals surface area contributed by atoms with Crippen molar-refractivity contribution in [3.05, 3.63) is 42.0 Å². The Bertz CT molecular complexity index is 814. The largest absolute Gasteiger partial charge is 0.503 e. The number of phenols is 1. The van der Waals surface area contributed by atoms with Gasteiger partial charge in [-0.3, -0.25) is 4.18 Å². The number of phenolic OH excluding ortho intramolecular Hbond substituents is 1. The fourth-order valence-electron chi connectivity index (χ4n) is 2.05. The first-order valence-electron chi connectivity index (χ1n) is 7.43. The summed E-state index contributed by atoms with van der Waals surface area (Å²) in [5, 5.41) is 10.4. The van der Waals surface area contributed by atoms with Crippen LogP contribution in [-0.4, -0.2) is 27.2 Å². The van der Waals surface area contributed by atoms with Crippen LogP contribution in [0.1, 0.15) is 18.9 Å². The van der Waals surface area contributed by atoms with E-state index in [4.69, 9.17) is 13.7 Å². The highest BCUT2D eigenvalue weighted by Gasteiger charge is 2.24. The molecule has 0 bridgehead atoms. The van der Waals surface area contributed by atoms with Crippen LogP contribution in [0.4, 0.5) is 0 Å². The molecule has 0 saturated carbocycles. The van der Waals surface area contributed by atoms with Gasteiger partial charge in [0, 0.05) is 0 Å². The van der Waals surface area contributed by atoms with Crippen LogP contribution in [0.2, 0.25) is 0 Å². The molecule has 0 radical (unpaired) electrons. The highest BCUT2D eigenvalue weighted by atomic mass is 32.2. The van der Waals surface area contributed by atoms with Crippen LogP contribution < -0.4 is 9.47 Å². The molecular formula is C17H20O6S. The molecular weight excluding hydrogens is 332 g/mol. The molecule has 0 aliphatic heterocycles. The van der Waals surface area contributed by atoms with Gasteiger partial charge in [-0.15, -0.1) is 0 Å². The minimum atomic E-state index is -4.06. The fraction of sp³-hybridized carbons (Fsp3) is 0.294. The number of benzene rings is 2. The molecule has 6 nitrogen and oxygen atoms in total. The number of ether oxygens (including phenoxy) is 2. The minimum Gasteiger partial charge on any atom is -0.503 e. The SMILES string of the molecule is CCCOS(=O)(=O)c1ccc(C)c(Oc2ccccc2OC)c1O. The summed E-state index contributed by atoms with van der Waals surface area (Å²) in [5.41, 5.74) is 0.577. The van der Waals surface area contributed by atoms with E-state index in [-0.39, 0.29) is 17.3 Å². The molecule has 2 aromatic carbocycles. The van der Waals surface area contributed by atoms with Crippen molar-refractivity contribution >= 4 is 10.1 Å². The Balaban J connectivity index is 2.46. The van der Waals surface area contributed by atoms with E-state index in [1.807, 2.05) is 0 Å². The van der Waals surface area contributed by atoms with Crippen molar-refractivity contribution in [1.29, 1.82) is 0 Å². The lowest BCUT2D eigenvalue weighted by atomic mass is 10.2. The van der Waals surface area contributed by atoms with Gasteiger partial charge >= 0.3 is 10.1 Å². The summed E-state index contributed by atoms with van der Waals surface area (Å²) >= 11 is 0. The van der Waals surface area contributed by atoms with E-state index in [0.717, 1.165) is 0 Å². The van der Waals surface area contributed by atoms with Gasteiger partial charge in [0.05, 0.1) is 13.7 Å². The van der Waals surface area contributed by atoms with E-state index in [1.54, 1.807) is 44.2 Å². The Morgan fingerprint density at radius 1 is 1.08 bits per heavy atom. The maximum atomic E-state index is 12.2. The van der Waals surface area contributed by atoms with Crippen LogP contribution in [0.25, 0.3) is 0 Å². The first-order chi connectivity index (χ1) is 11.4. The molecule has 0 atom stereocenters. The van der Waals surface area contributed by atoms with E-state index < -0.39 is 15.9 Å². The standard InChI is InChI=1S/C17H20O6S/c1-4-11-22-24(19,20)15-10-9-12(2)17(16(15)18)23-14-8-6-5-7-13(14)21-3/h5-10,18H,4,11H2,1-3H3. The Morgan fingerprint density at radius 2 is 1.75 bits per heavy atom. The zero-order valence-electron chi connectivity index (χ0n) is 13.8. The number of hydrogen-bond acceptors (Lipinski definition) is 6. The molecule has 0 saturated heterocycles. The Morgan fingerprint density at radius 3 is 2.38 bits per heavy atom. The Labute approximate surface area is 141 Å². The zero-order chi connectivity index (χ0) is 17.7. The molecule has 0 fully saturated rings. The lowest BCUT2D eigenvalue weighted by molar-refractivity contribution is 0.313. The lowest BCUT2D eigenvalue weighted by Gasteiger charge is -2.15. The third-order valence-electron chi connectivity index (χ3n) is 3.28. The van der Waals surface area contributed by atoms with Gasteiger partial charge in [0.2, 0.25) is 0 Å². The monoisotopic (exact) mass is 352 g/mol. The molecule has 24 heavy (non-hydrogen) atoms. The third kappa shape index (κ3) is 3.80. The van der Waals surface area contributed by atoms with Gasteiger partial charge < -0.3 is 14.6 Å². The Kier molecular flexibility index (Phi) is 5.69. The quantitative estimate of drug-likeness (QED) is 0.767. The van der Waals surface area contributed by atoms with Gasteiger partial charge in [-0.05, 0) is 37.1 Å². The van der Waals surface area contributed by atoms with Crippen LogP contribution in [0.5, 0.6) is 23.0 Å². The van der Waals surface area contributed by atoms with Crippen LogP contribution in [0.3, 0.4) is 0 Å². The number of aromatic hydroxyl groups is 1. The lowest BCUT2D eigenvalue weighted by Crippen LogP contribution is -2.08. The van der Waals surface area contributed by atoms with Crippen molar-refractivity contribution in [2.75, 3.05) is 13.7 Å². The molecule has 0 amide bonds. The van der Waals surface area contributed by atoms with Crippen molar-refractivity contribution in [2.24, 2.45) is 0 Å². The third-order valence-corrected chi connectivity index (χ3v) is 4.63. The number of para-hydroxylation sites is 2. The molecule has 0 aliphatic carbocycles. The van der Waals surface area contributed by atoms with Crippen molar-refractivity contribution < 1.29 is 27.2 Å². The maximum Gasteiger partial charge on any atom is 0.300 e. The molecule has 130 valence electrons. The van der Waals surface area contributed by atoms with Gasteiger partial charge in [-0.25, -0.2) is 0 Å². The summed E-state index contributed by atoms with van der Waals surface area (Å²) in [7, 11) is -2.57. The van der Waals surface area contributed by atoms with Gasteiger partial charge in [-0.2, -0.15) is 8.42 Å². The number of aryl methyl sites for hydroxylation is 1. The summed E-state index contributed by atoms with van der Waals surface area (Å²) in [6.07, 6.45) is 0.538. The van der Waals surface area contributed by atoms with E-state index in [2.05, 4.69) is 0 Å². The van der Waals surface area contributed by atoms with Gasteiger partial charge in [-0.1, -0.05) is 25.1 Å². The van der Waals surface area contributed by atoms with E-state index in [9.17, 15) is 13.5 Å². The van der Waals surface area contributed by atoms with Crippen LogP contribution >= 0.6 is 0 Å². The molecule has 0 unspecified atom stereocenters. The summed E-state index contributed by atoms with van der Waals surface area (Å²) in [6, 6.07) is 9.73. The zero-order valence-corrected chi connectivity index (χ0v) is 14.6. The molecule has 0 aromatic heterocycles. The first kappa shape index (κ1) is 18.1. The van der Waals surface area contributed by atoms with Gasteiger partial charge in [0.15, 0.2) is 23.0 Å². The second kappa shape index (κ2) is 7.55. The van der Waals surface area contributed by atoms with E-state index in [0.29, 0.717) is 23.5 Å². The number of rotatable bonds is 7. The number of methoxy groups -OCH3 is 1. The fourth-order valence-corrected chi connectivity index (χ4v) is 3.13. The molecule has 2 rings (SSSR count). The number of hydrogen-bond donors (Lipinski definition) is 1. The molecule has 0 spiro atoms. The molecule has 1 N–H and O–H groups in total. The molecule has 0 aliphatic rings. The van der Waals surface area contributed by atoms with Crippen molar-refractivity contribution in [3.63, 3.8) is 0 Å². The second-order valence-electron chi connectivity index (χ2n) is 5.09. The van der Waals surface area contributed by atoms with E-state index >= 15 is 0 Å². The Hall–Kier alpha value is -2.25. The summed E-state index contributed by atoms with van der Waals surface area (Å²) in [4.78, 5) is -0.327. The predicted octanol–water partition coefficient (Wildman–Crippen LogP) is 3.62. The molecule has 2 aromatic rings. The second-order valence-corrected chi connectivity index (χ2v) is 6.67. The summed E-state index contributed by atoms with van der Waals surface area (Å²) in [5.74, 6) is 0.381. The smallest absolute Gasteiger partial charge is 0.300 e. The van der Waals surface area contributed by atoms with Crippen LogP contribution in [0.15, 0.2) is 41.3 Å². The molecule has 0 heterocycles. The van der Waals surface area contributed by atoms with Gasteiger partial charge in [0.1, 0.15) is 4.90 Å². The topological polar surface area (TPSA) is 82.1 Å². The first-order valence-corrected chi connectivity index (χ1v) is 8.84. The molecule has 7 heteroatoms. The van der Waals surface area contributed by atoms with Crippen molar-refractivity contribution in [3.8, 4) is 23.0 Å². The van der Waals surface area contributed by atoms with Crippen molar-refractivity contribution in [1.82, 2.24) is 0 Å². The van der Waals surface area contributed by atoms with Crippen LogP contribution in [0, 0.1) is 6.92 Å². The average Bonchev–Trinajstić information content (AvgIpc) is 2.56. The summed E-state index contributed by atoms with van der Waals surface area (Å²) in [6.45, 7) is 3.53. The minimum absolute atomic E-state index is 0.0400. The normalized spacial score (nSPS) is 11.3. The highest BCUT2D eigenvalue weighted by molar-refractivity contribution is 7.86. The van der Waals surface area contributed by atoms with E-state index in [1.165, 1.54) is 13.2 Å². The van der Waals surface area contributed by atoms with Gasteiger partial charge in [0.25, 0.3) is 0 Å². The highest BCUT2D eigenvalue weighted by Crippen LogP contribution is 2.41. The van der Waals surface area contributed by atoms with Crippen molar-refractivity contribution in [2.45, 2.75) is 25.2 Å². The predicted molar refractivity (Wildman–Crippen MR) is 89.3 cm³/mol. The maximum absolute atomic E-state index is 12.2. The van der Waals surface area contributed by atoms with Crippen LogP contribution in [-0.2, 0) is 14.3 Å². The average molecular weight is 352 g/mol. The summed E-state index contributed by atoms with van der Waals surface area (Å²) < 4.78 is 40.2.